The van der Waals surface area contributed by atoms with Crippen LogP contribution in [0, 0.1) is 0 Å². The zero-order chi connectivity index (χ0) is 14.5. The summed E-state index contributed by atoms with van der Waals surface area (Å²) in [7, 11) is 0. The predicted molar refractivity (Wildman–Crippen MR) is 78.2 cm³/mol. The number of carbonyl (C=O) groups excluding carboxylic acids is 2. The molecular weight excluding hydrogens is 310 g/mol. The first-order valence-corrected chi connectivity index (χ1v) is 7.81. The molecule has 0 aromatic carbocycles. The monoisotopic (exact) mass is 331 g/mol. The summed E-state index contributed by atoms with van der Waals surface area (Å²) in [5.74, 6) is -0.584. The Hall–Kier alpha value is -0.680. The van der Waals surface area contributed by atoms with Crippen molar-refractivity contribution in [3.8, 4) is 0 Å². The Bertz CT molecular complexity index is 371. The van der Waals surface area contributed by atoms with Crippen molar-refractivity contribution in [2.45, 2.75) is 57.6 Å². The number of nitrogens with one attached hydrogen (secondary N) is 1. The molecule has 0 bridgehead atoms. The van der Waals surface area contributed by atoms with Gasteiger partial charge in [0.05, 0.1) is 5.33 Å². The molecule has 1 amide bonds. The number of Topliss-reactive ketones (excluding diaryl/α,β-unsaturated/α-hetero) is 1. The van der Waals surface area contributed by atoms with Crippen LogP contribution in [0.2, 0.25) is 0 Å². The number of ketones is 1. The van der Waals surface area contributed by atoms with E-state index in [2.05, 4.69) is 21.2 Å². The normalized spacial score (nSPS) is 20.7. The zero-order valence-corrected chi connectivity index (χ0v) is 13.1. The van der Waals surface area contributed by atoms with Crippen molar-refractivity contribution in [3.05, 3.63) is 11.6 Å². The highest BCUT2D eigenvalue weighted by Crippen LogP contribution is 2.19. The molecule has 4 nitrogen and oxygen atoms in total. The number of hydrogen-bond acceptors (Lipinski definition) is 3. The largest absolute Gasteiger partial charge is 0.378 e. The van der Waals surface area contributed by atoms with Gasteiger partial charge in [0.15, 0.2) is 5.78 Å². The fourth-order valence-corrected chi connectivity index (χ4v) is 2.72. The maximum Gasteiger partial charge on any atom is 0.244 e. The van der Waals surface area contributed by atoms with Crippen molar-refractivity contribution >= 4 is 27.6 Å². The van der Waals surface area contributed by atoms with Crippen molar-refractivity contribution in [3.63, 3.8) is 0 Å². The smallest absolute Gasteiger partial charge is 0.244 e. The number of alkyl halides is 1. The summed E-state index contributed by atoms with van der Waals surface area (Å²) >= 11 is 3.03. The van der Waals surface area contributed by atoms with Gasteiger partial charge in [-0.2, -0.15) is 0 Å². The third kappa shape index (κ3) is 4.73. The van der Waals surface area contributed by atoms with Gasteiger partial charge in [0.25, 0.3) is 0 Å². The Morgan fingerprint density at radius 1 is 1.37 bits per heavy atom. The standard InChI is InChI=1S/C14H22BrNO3/c1-10(14(2,19)12(17)9-15)8-13(18)16-11-6-4-3-5-7-11/h8,11,19H,3-7,9H2,1-2H3,(H,16,18)/b10-8+. The van der Waals surface area contributed by atoms with Gasteiger partial charge in [-0.05, 0) is 32.3 Å². The van der Waals surface area contributed by atoms with Gasteiger partial charge >= 0.3 is 0 Å². The second-order valence-electron chi connectivity index (χ2n) is 5.30. The van der Waals surface area contributed by atoms with E-state index in [1.54, 1.807) is 6.92 Å². The van der Waals surface area contributed by atoms with Crippen LogP contribution in [0.15, 0.2) is 11.6 Å². The van der Waals surface area contributed by atoms with Crippen molar-refractivity contribution in [1.29, 1.82) is 0 Å². The molecule has 0 heterocycles. The van der Waals surface area contributed by atoms with E-state index in [-0.39, 0.29) is 23.1 Å². The first kappa shape index (κ1) is 16.4. The van der Waals surface area contributed by atoms with Gasteiger partial charge in [-0.25, -0.2) is 0 Å². The second-order valence-corrected chi connectivity index (χ2v) is 5.86. The molecule has 1 fully saturated rings. The average molecular weight is 332 g/mol. The van der Waals surface area contributed by atoms with Crippen LogP contribution >= 0.6 is 15.9 Å². The fraction of sp³-hybridized carbons (Fsp3) is 0.714. The van der Waals surface area contributed by atoms with Crippen LogP contribution in [0.4, 0.5) is 0 Å². The highest BCUT2D eigenvalue weighted by Gasteiger charge is 2.31. The first-order chi connectivity index (χ1) is 8.87. The molecule has 5 heteroatoms. The lowest BCUT2D eigenvalue weighted by Crippen LogP contribution is -2.39. The van der Waals surface area contributed by atoms with E-state index in [4.69, 9.17) is 0 Å². The number of hydrogen-bond donors (Lipinski definition) is 2. The molecule has 0 aromatic heterocycles. The molecule has 1 atom stereocenters. The molecule has 1 rings (SSSR count). The molecule has 19 heavy (non-hydrogen) atoms. The zero-order valence-electron chi connectivity index (χ0n) is 11.5. The molecule has 2 N–H and O–H groups in total. The third-order valence-electron chi connectivity index (χ3n) is 3.73. The Kier molecular flexibility index (Phi) is 6.20. The number of rotatable bonds is 5. The molecule has 0 saturated heterocycles. The van der Waals surface area contributed by atoms with Gasteiger partial charge in [-0.1, -0.05) is 35.2 Å². The van der Waals surface area contributed by atoms with Gasteiger partial charge in [0, 0.05) is 12.1 Å². The van der Waals surface area contributed by atoms with Crippen LogP contribution < -0.4 is 5.32 Å². The highest BCUT2D eigenvalue weighted by molar-refractivity contribution is 9.09. The summed E-state index contributed by atoms with van der Waals surface area (Å²) in [5.41, 5.74) is -1.22. The summed E-state index contributed by atoms with van der Waals surface area (Å²) in [6.45, 7) is 3.01. The molecule has 0 spiro atoms. The quantitative estimate of drug-likeness (QED) is 0.598. The van der Waals surface area contributed by atoms with Gasteiger partial charge in [0.1, 0.15) is 5.60 Å². The number of carbonyl (C=O) groups is 2. The highest BCUT2D eigenvalue weighted by atomic mass is 79.9. The van der Waals surface area contributed by atoms with E-state index in [0.717, 1.165) is 25.7 Å². The van der Waals surface area contributed by atoms with Crippen LogP contribution in [0.25, 0.3) is 0 Å². The van der Waals surface area contributed by atoms with Gasteiger partial charge in [-0.15, -0.1) is 0 Å². The molecule has 108 valence electrons. The second kappa shape index (κ2) is 7.20. The lowest BCUT2D eigenvalue weighted by Gasteiger charge is -2.24. The summed E-state index contributed by atoms with van der Waals surface area (Å²) < 4.78 is 0. The van der Waals surface area contributed by atoms with Crippen molar-refractivity contribution in [1.82, 2.24) is 5.32 Å². The molecule has 1 aliphatic carbocycles. The summed E-state index contributed by atoms with van der Waals surface area (Å²) in [6.07, 6.45) is 6.87. The van der Waals surface area contributed by atoms with Gasteiger partial charge in [0.2, 0.25) is 5.91 Å². The van der Waals surface area contributed by atoms with Crippen molar-refractivity contribution in [2.75, 3.05) is 5.33 Å². The molecule has 0 aromatic rings. The van der Waals surface area contributed by atoms with Gasteiger partial charge < -0.3 is 10.4 Å². The van der Waals surface area contributed by atoms with E-state index in [1.165, 1.54) is 19.4 Å². The van der Waals surface area contributed by atoms with Crippen LogP contribution in [0.5, 0.6) is 0 Å². The number of aliphatic hydroxyl groups is 1. The van der Waals surface area contributed by atoms with Crippen LogP contribution in [0.1, 0.15) is 46.0 Å². The molecule has 1 saturated carbocycles. The number of halogens is 1. The maximum atomic E-state index is 11.9. The summed E-state index contributed by atoms with van der Waals surface area (Å²) in [6, 6.07) is 0.224. The average Bonchev–Trinajstić information content (AvgIpc) is 2.38. The van der Waals surface area contributed by atoms with E-state index < -0.39 is 5.60 Å². The minimum atomic E-state index is -1.59. The Labute approximate surface area is 122 Å². The molecule has 0 aliphatic heterocycles. The predicted octanol–water partition coefficient (Wildman–Crippen LogP) is 2.10. The van der Waals surface area contributed by atoms with E-state index in [1.807, 2.05) is 0 Å². The molecule has 0 radical (unpaired) electrons. The Morgan fingerprint density at radius 3 is 2.47 bits per heavy atom. The molecule has 1 aliphatic rings. The number of amides is 1. The molecular formula is C14H22BrNO3. The topological polar surface area (TPSA) is 66.4 Å². The Balaban J connectivity index is 2.61. The Morgan fingerprint density at radius 2 is 1.95 bits per heavy atom. The van der Waals surface area contributed by atoms with E-state index in [9.17, 15) is 14.7 Å². The first-order valence-electron chi connectivity index (χ1n) is 6.69. The maximum absolute atomic E-state index is 11.9. The van der Waals surface area contributed by atoms with Gasteiger partial charge in [-0.3, -0.25) is 9.59 Å². The summed E-state index contributed by atoms with van der Waals surface area (Å²) in [5, 5.41) is 13.1. The minimum Gasteiger partial charge on any atom is -0.378 e. The van der Waals surface area contributed by atoms with E-state index in [0.29, 0.717) is 5.57 Å². The SMILES string of the molecule is C/C(=C\C(=O)NC1CCCCC1)C(C)(O)C(=O)CBr. The van der Waals surface area contributed by atoms with E-state index >= 15 is 0 Å². The van der Waals surface area contributed by atoms with Crippen molar-refractivity contribution in [2.24, 2.45) is 0 Å². The van der Waals surface area contributed by atoms with Crippen LogP contribution in [-0.2, 0) is 9.59 Å². The lowest BCUT2D eigenvalue weighted by atomic mass is 9.92. The molecule has 1 unspecified atom stereocenters. The van der Waals surface area contributed by atoms with Crippen molar-refractivity contribution < 1.29 is 14.7 Å². The van der Waals surface area contributed by atoms with Crippen LogP contribution in [-0.4, -0.2) is 33.8 Å². The minimum absolute atomic E-state index is 0.0649. The summed E-state index contributed by atoms with van der Waals surface area (Å²) in [4.78, 5) is 23.4. The van der Waals surface area contributed by atoms with Crippen LogP contribution in [0.3, 0.4) is 0 Å². The fourth-order valence-electron chi connectivity index (χ4n) is 2.18. The lowest BCUT2D eigenvalue weighted by molar-refractivity contribution is -0.129. The third-order valence-corrected chi connectivity index (χ3v) is 4.24.